The number of unbranched alkanes of at least 4 members (excludes halogenated alkanes) is 1. The van der Waals surface area contributed by atoms with E-state index in [2.05, 4.69) is 61.5 Å². The van der Waals surface area contributed by atoms with Crippen molar-refractivity contribution in [2.24, 2.45) is 0 Å². The van der Waals surface area contributed by atoms with Gasteiger partial charge in [0.15, 0.2) is 0 Å². The molecule has 0 saturated carbocycles. The summed E-state index contributed by atoms with van der Waals surface area (Å²) in [5.41, 5.74) is 4.14. The fourth-order valence-electron chi connectivity index (χ4n) is 3.04. The third-order valence-corrected chi connectivity index (χ3v) is 4.10. The Labute approximate surface area is 121 Å². The maximum atomic E-state index is 6.34. The van der Waals surface area contributed by atoms with Crippen molar-refractivity contribution in [1.82, 2.24) is 0 Å². The molecule has 20 heavy (non-hydrogen) atoms. The van der Waals surface area contributed by atoms with Crippen molar-refractivity contribution in [3.63, 3.8) is 0 Å². The van der Waals surface area contributed by atoms with E-state index in [4.69, 9.17) is 4.74 Å². The zero-order valence-corrected chi connectivity index (χ0v) is 12.1. The molecule has 1 heterocycles. The summed E-state index contributed by atoms with van der Waals surface area (Å²) in [7, 11) is 0. The molecule has 1 nitrogen and oxygen atoms in total. The molecule has 0 bridgehead atoms. The van der Waals surface area contributed by atoms with Crippen molar-refractivity contribution in [3.8, 4) is 0 Å². The summed E-state index contributed by atoms with van der Waals surface area (Å²) in [4.78, 5) is 0. The maximum Gasteiger partial charge on any atom is 0.0877 e. The summed E-state index contributed by atoms with van der Waals surface area (Å²) in [5, 5.41) is 0. The van der Waals surface area contributed by atoms with Crippen molar-refractivity contribution >= 4 is 0 Å². The van der Waals surface area contributed by atoms with Crippen LogP contribution in [0.4, 0.5) is 0 Å². The molecule has 0 unspecified atom stereocenters. The van der Waals surface area contributed by atoms with E-state index in [1.165, 1.54) is 29.5 Å². The van der Waals surface area contributed by atoms with Gasteiger partial charge >= 0.3 is 0 Å². The fourth-order valence-corrected chi connectivity index (χ4v) is 3.04. The smallest absolute Gasteiger partial charge is 0.0877 e. The van der Waals surface area contributed by atoms with E-state index < -0.39 is 0 Å². The molecule has 0 radical (unpaired) electrons. The summed E-state index contributed by atoms with van der Waals surface area (Å²) < 4.78 is 6.34. The summed E-state index contributed by atoms with van der Waals surface area (Å²) in [6, 6.07) is 19.4. The highest BCUT2D eigenvalue weighted by atomic mass is 16.5. The Kier molecular flexibility index (Phi) is 4.17. The molecule has 3 rings (SSSR count). The van der Waals surface area contributed by atoms with Crippen LogP contribution in [0, 0.1) is 0 Å². The molecule has 0 saturated heterocycles. The third-order valence-electron chi connectivity index (χ3n) is 4.10. The van der Waals surface area contributed by atoms with Gasteiger partial charge in [-0.25, -0.2) is 0 Å². The van der Waals surface area contributed by atoms with Crippen LogP contribution < -0.4 is 0 Å². The Morgan fingerprint density at radius 1 is 0.850 bits per heavy atom. The van der Waals surface area contributed by atoms with Crippen molar-refractivity contribution < 1.29 is 4.74 Å². The summed E-state index contributed by atoms with van der Waals surface area (Å²) in [5.74, 6) is 0. The van der Waals surface area contributed by atoms with Gasteiger partial charge in [0.05, 0.1) is 12.2 Å². The monoisotopic (exact) mass is 266 g/mol. The molecule has 0 spiro atoms. The van der Waals surface area contributed by atoms with Gasteiger partial charge in [0, 0.05) is 6.42 Å². The molecular formula is C19H22O. The lowest BCUT2D eigenvalue weighted by atomic mass is 9.96. The van der Waals surface area contributed by atoms with E-state index in [1.807, 2.05) is 0 Å². The molecular weight excluding hydrogens is 244 g/mol. The summed E-state index contributed by atoms with van der Waals surface area (Å²) in [6.07, 6.45) is 5.08. The van der Waals surface area contributed by atoms with Crippen molar-refractivity contribution in [2.45, 2.75) is 44.8 Å². The largest absolute Gasteiger partial charge is 0.365 e. The van der Waals surface area contributed by atoms with E-state index in [0.717, 1.165) is 12.8 Å². The minimum Gasteiger partial charge on any atom is -0.365 e. The lowest BCUT2D eigenvalue weighted by molar-refractivity contribution is 0.00603. The van der Waals surface area contributed by atoms with Crippen LogP contribution in [0.3, 0.4) is 0 Å². The van der Waals surface area contributed by atoms with E-state index in [0.29, 0.717) is 6.10 Å². The third kappa shape index (κ3) is 2.78. The highest BCUT2D eigenvalue weighted by molar-refractivity contribution is 5.35. The van der Waals surface area contributed by atoms with Gasteiger partial charge in [0.2, 0.25) is 0 Å². The molecule has 0 N–H and O–H groups in total. The molecule has 2 atom stereocenters. The summed E-state index contributed by atoms with van der Waals surface area (Å²) >= 11 is 0. The Morgan fingerprint density at radius 2 is 1.50 bits per heavy atom. The first-order valence-corrected chi connectivity index (χ1v) is 7.66. The predicted octanol–water partition coefficient (Wildman–Crippen LogP) is 5.23. The molecule has 0 amide bonds. The van der Waals surface area contributed by atoms with Crippen LogP contribution in [0.25, 0.3) is 0 Å². The second kappa shape index (κ2) is 6.23. The number of benzene rings is 2. The molecule has 2 aromatic rings. The number of rotatable bonds is 5. The predicted molar refractivity (Wildman–Crippen MR) is 82.7 cm³/mol. The Morgan fingerprint density at radius 3 is 2.20 bits per heavy atom. The van der Waals surface area contributed by atoms with Crippen LogP contribution in [-0.2, 0) is 11.2 Å². The van der Waals surface area contributed by atoms with Gasteiger partial charge in [0.25, 0.3) is 0 Å². The van der Waals surface area contributed by atoms with Gasteiger partial charge in [-0.1, -0.05) is 74.4 Å². The number of fused-ring (bicyclic) bond motifs is 1. The van der Waals surface area contributed by atoms with Gasteiger partial charge in [0.1, 0.15) is 0 Å². The average Bonchev–Trinajstić information content (AvgIpc) is 2.85. The van der Waals surface area contributed by atoms with Crippen LogP contribution in [0.15, 0.2) is 54.6 Å². The Bertz CT molecular complexity index is 547. The van der Waals surface area contributed by atoms with Crippen molar-refractivity contribution in [1.29, 1.82) is 0 Å². The molecule has 1 aliphatic heterocycles. The van der Waals surface area contributed by atoms with Crippen LogP contribution >= 0.6 is 0 Å². The number of hydrogen-bond donors (Lipinski definition) is 0. The van der Waals surface area contributed by atoms with E-state index in [1.54, 1.807) is 0 Å². The van der Waals surface area contributed by atoms with E-state index >= 15 is 0 Å². The van der Waals surface area contributed by atoms with Crippen LogP contribution in [0.2, 0.25) is 0 Å². The van der Waals surface area contributed by atoms with Crippen molar-refractivity contribution in [2.75, 3.05) is 0 Å². The van der Waals surface area contributed by atoms with Gasteiger partial charge in [-0.2, -0.15) is 0 Å². The SMILES string of the molecule is CCCC[C@H]1O[C@H](Cc2ccccc2)c2ccccc21. The molecule has 1 aliphatic rings. The Hall–Kier alpha value is -1.60. The van der Waals surface area contributed by atoms with E-state index in [9.17, 15) is 0 Å². The Balaban J connectivity index is 1.80. The van der Waals surface area contributed by atoms with Gasteiger partial charge in [-0.05, 0) is 23.1 Å². The minimum atomic E-state index is 0.218. The first kappa shape index (κ1) is 13.4. The molecule has 0 aliphatic carbocycles. The van der Waals surface area contributed by atoms with Gasteiger partial charge in [-0.3, -0.25) is 0 Å². The normalized spacial score (nSPS) is 20.9. The van der Waals surface area contributed by atoms with Crippen molar-refractivity contribution in [3.05, 3.63) is 71.3 Å². The first-order chi connectivity index (χ1) is 9.88. The zero-order chi connectivity index (χ0) is 13.8. The average molecular weight is 266 g/mol. The highest BCUT2D eigenvalue weighted by Gasteiger charge is 2.30. The molecule has 2 aromatic carbocycles. The minimum absolute atomic E-state index is 0.218. The van der Waals surface area contributed by atoms with Crippen LogP contribution in [0.5, 0.6) is 0 Å². The summed E-state index contributed by atoms with van der Waals surface area (Å²) in [6.45, 7) is 2.24. The fraction of sp³-hybridized carbons (Fsp3) is 0.368. The second-order valence-corrected chi connectivity index (χ2v) is 5.57. The zero-order valence-electron chi connectivity index (χ0n) is 12.1. The van der Waals surface area contributed by atoms with E-state index in [-0.39, 0.29) is 6.10 Å². The maximum absolute atomic E-state index is 6.34. The van der Waals surface area contributed by atoms with Crippen LogP contribution in [0.1, 0.15) is 55.1 Å². The topological polar surface area (TPSA) is 9.23 Å². The lowest BCUT2D eigenvalue weighted by Gasteiger charge is -2.14. The second-order valence-electron chi connectivity index (χ2n) is 5.57. The standard InChI is InChI=1S/C19H22O/c1-2-3-13-18-16-11-7-8-12-17(16)19(20-18)14-15-9-5-4-6-10-15/h4-12,18-19H,2-3,13-14H2,1H3/t18-,19-/m1/s1. The molecule has 0 fully saturated rings. The van der Waals surface area contributed by atoms with Crippen LogP contribution in [-0.4, -0.2) is 0 Å². The number of ether oxygens (including phenoxy) is 1. The molecule has 0 aromatic heterocycles. The first-order valence-electron chi connectivity index (χ1n) is 7.66. The van der Waals surface area contributed by atoms with Gasteiger partial charge < -0.3 is 4.74 Å². The lowest BCUT2D eigenvalue weighted by Crippen LogP contribution is -2.02. The highest BCUT2D eigenvalue weighted by Crippen LogP contribution is 2.42. The molecule has 104 valence electrons. The quantitative estimate of drug-likeness (QED) is 0.720. The van der Waals surface area contributed by atoms with Gasteiger partial charge in [-0.15, -0.1) is 0 Å². The molecule has 1 heteroatoms. The number of hydrogen-bond acceptors (Lipinski definition) is 1.